The summed E-state index contributed by atoms with van der Waals surface area (Å²) in [6.07, 6.45) is 2.62. The Morgan fingerprint density at radius 1 is 1.33 bits per heavy atom. The lowest BCUT2D eigenvalue weighted by Crippen LogP contribution is -2.53. The van der Waals surface area contributed by atoms with Crippen molar-refractivity contribution in [3.63, 3.8) is 0 Å². The van der Waals surface area contributed by atoms with Gasteiger partial charge in [0.2, 0.25) is 0 Å². The third-order valence-electron chi connectivity index (χ3n) is 3.52. The average Bonchev–Trinajstić information content (AvgIpc) is 2.30. The van der Waals surface area contributed by atoms with E-state index < -0.39 is 17.2 Å². The minimum absolute atomic E-state index is 0.0178. The van der Waals surface area contributed by atoms with E-state index in [0.717, 1.165) is 31.4 Å². The van der Waals surface area contributed by atoms with E-state index in [1.807, 2.05) is 0 Å². The second-order valence-electron chi connectivity index (χ2n) is 4.68. The largest absolute Gasteiger partial charge is 0.394 e. The van der Waals surface area contributed by atoms with Crippen molar-refractivity contribution >= 4 is 0 Å². The van der Waals surface area contributed by atoms with E-state index in [9.17, 15) is 13.9 Å². The topological polar surface area (TPSA) is 56.0 Å². The zero-order chi connectivity index (χ0) is 13.2. The summed E-state index contributed by atoms with van der Waals surface area (Å²) >= 11 is 0. The number of hydrogen-bond donors (Lipinski definition) is 2. The number of rotatable bonds is 4. The number of aliphatic hydroxyl groups excluding tert-OH is 1. The highest BCUT2D eigenvalue weighted by atomic mass is 19.1. The lowest BCUT2D eigenvalue weighted by atomic mass is 9.77. The van der Waals surface area contributed by atoms with Crippen LogP contribution in [0.4, 0.5) is 8.78 Å². The van der Waals surface area contributed by atoms with Crippen molar-refractivity contribution in [3.05, 3.63) is 34.9 Å². The van der Waals surface area contributed by atoms with Crippen LogP contribution in [0.15, 0.2) is 12.1 Å². The van der Waals surface area contributed by atoms with Crippen LogP contribution in [0.3, 0.4) is 0 Å². The molecule has 1 aliphatic rings. The van der Waals surface area contributed by atoms with Crippen LogP contribution in [0.25, 0.3) is 0 Å². The summed E-state index contributed by atoms with van der Waals surface area (Å²) in [7, 11) is 0. The van der Waals surface area contributed by atoms with Gasteiger partial charge in [0.25, 0.3) is 0 Å². The van der Waals surface area contributed by atoms with Crippen molar-refractivity contribution in [1.29, 1.82) is 5.26 Å². The van der Waals surface area contributed by atoms with Crippen molar-refractivity contribution in [2.24, 2.45) is 0 Å². The van der Waals surface area contributed by atoms with E-state index in [0.29, 0.717) is 0 Å². The van der Waals surface area contributed by atoms with Gasteiger partial charge in [0.05, 0.1) is 18.2 Å². The molecule has 0 aromatic heterocycles. The number of nitrogens with zero attached hydrogens (tertiary/aromatic N) is 1. The van der Waals surface area contributed by atoms with Crippen LogP contribution in [-0.2, 0) is 6.54 Å². The van der Waals surface area contributed by atoms with E-state index in [-0.39, 0.29) is 24.3 Å². The van der Waals surface area contributed by atoms with E-state index >= 15 is 0 Å². The first-order valence-electron chi connectivity index (χ1n) is 5.84. The molecule has 0 atom stereocenters. The molecule has 0 unspecified atom stereocenters. The van der Waals surface area contributed by atoms with E-state index in [1.165, 1.54) is 0 Å². The standard InChI is InChI=1S/C13H14F2N2O/c14-11-4-9(6-16)5-12(15)10(11)7-17-13(8-18)2-1-3-13/h4-5,17-18H,1-3,7-8H2. The molecule has 1 aromatic rings. The molecule has 0 bridgehead atoms. The maximum absolute atomic E-state index is 13.6. The molecule has 96 valence electrons. The summed E-state index contributed by atoms with van der Waals surface area (Å²) in [6, 6.07) is 3.74. The highest BCUT2D eigenvalue weighted by Crippen LogP contribution is 2.31. The number of nitriles is 1. The summed E-state index contributed by atoms with van der Waals surface area (Å²) in [6.45, 7) is -0.0174. The van der Waals surface area contributed by atoms with Crippen LogP contribution in [0.5, 0.6) is 0 Å². The van der Waals surface area contributed by atoms with E-state index in [1.54, 1.807) is 6.07 Å². The summed E-state index contributed by atoms with van der Waals surface area (Å²) in [5.74, 6) is -1.46. The molecule has 2 N–H and O–H groups in total. The molecule has 2 rings (SSSR count). The Hall–Kier alpha value is -1.51. The summed E-state index contributed by atoms with van der Waals surface area (Å²) in [5.41, 5.74) is -0.518. The molecular weight excluding hydrogens is 238 g/mol. The Balaban J connectivity index is 2.12. The summed E-state index contributed by atoms with van der Waals surface area (Å²) in [4.78, 5) is 0. The zero-order valence-corrected chi connectivity index (χ0v) is 9.84. The van der Waals surface area contributed by atoms with Gasteiger partial charge < -0.3 is 10.4 Å². The van der Waals surface area contributed by atoms with Gasteiger partial charge in [-0.25, -0.2) is 8.78 Å². The molecule has 0 aliphatic heterocycles. The number of hydrogen-bond acceptors (Lipinski definition) is 3. The van der Waals surface area contributed by atoms with Gasteiger partial charge in [0.15, 0.2) is 0 Å². The minimum Gasteiger partial charge on any atom is -0.394 e. The van der Waals surface area contributed by atoms with Gasteiger partial charge >= 0.3 is 0 Å². The Kier molecular flexibility index (Phi) is 3.60. The van der Waals surface area contributed by atoms with Crippen molar-refractivity contribution in [3.8, 4) is 6.07 Å². The van der Waals surface area contributed by atoms with Gasteiger partial charge in [-0.15, -0.1) is 0 Å². The minimum atomic E-state index is -0.730. The van der Waals surface area contributed by atoms with Gasteiger partial charge in [0.1, 0.15) is 11.6 Å². The Bertz CT molecular complexity index is 464. The van der Waals surface area contributed by atoms with Crippen LogP contribution < -0.4 is 5.32 Å². The summed E-state index contributed by atoms with van der Waals surface area (Å²) in [5, 5.41) is 20.8. The van der Waals surface area contributed by atoms with Gasteiger partial charge in [-0.05, 0) is 31.4 Å². The highest BCUT2D eigenvalue weighted by Gasteiger charge is 2.35. The third-order valence-corrected chi connectivity index (χ3v) is 3.52. The Morgan fingerprint density at radius 3 is 2.33 bits per heavy atom. The molecule has 3 nitrogen and oxygen atoms in total. The molecule has 5 heteroatoms. The third kappa shape index (κ3) is 2.35. The fourth-order valence-electron chi connectivity index (χ4n) is 2.11. The molecule has 0 spiro atoms. The van der Waals surface area contributed by atoms with Gasteiger partial charge in [-0.3, -0.25) is 0 Å². The normalized spacial score (nSPS) is 17.0. The zero-order valence-electron chi connectivity index (χ0n) is 9.84. The number of aliphatic hydroxyl groups is 1. The van der Waals surface area contributed by atoms with Crippen LogP contribution >= 0.6 is 0 Å². The fourth-order valence-corrected chi connectivity index (χ4v) is 2.11. The first-order chi connectivity index (χ1) is 8.60. The first-order valence-corrected chi connectivity index (χ1v) is 5.84. The lowest BCUT2D eigenvalue weighted by molar-refractivity contribution is 0.0865. The van der Waals surface area contributed by atoms with Crippen molar-refractivity contribution < 1.29 is 13.9 Å². The quantitative estimate of drug-likeness (QED) is 0.859. The molecular formula is C13H14F2N2O. The maximum Gasteiger partial charge on any atom is 0.131 e. The number of halogens is 2. The van der Waals surface area contributed by atoms with Gasteiger partial charge in [0, 0.05) is 17.6 Å². The van der Waals surface area contributed by atoms with Crippen molar-refractivity contribution in [1.82, 2.24) is 5.32 Å². The molecule has 1 aromatic carbocycles. The van der Waals surface area contributed by atoms with E-state index in [4.69, 9.17) is 5.26 Å². The van der Waals surface area contributed by atoms with Crippen molar-refractivity contribution in [2.45, 2.75) is 31.3 Å². The monoisotopic (exact) mass is 252 g/mol. The molecule has 1 aliphatic carbocycles. The summed E-state index contributed by atoms with van der Waals surface area (Å²) < 4.78 is 27.2. The van der Waals surface area contributed by atoms with E-state index in [2.05, 4.69) is 5.32 Å². The second kappa shape index (κ2) is 5.01. The maximum atomic E-state index is 13.6. The Labute approximate surface area is 104 Å². The van der Waals surface area contributed by atoms with Crippen LogP contribution in [-0.4, -0.2) is 17.3 Å². The van der Waals surface area contributed by atoms with Gasteiger partial charge in [-0.2, -0.15) is 5.26 Å². The van der Waals surface area contributed by atoms with Crippen molar-refractivity contribution in [2.75, 3.05) is 6.61 Å². The predicted octanol–water partition coefficient (Wildman–Crippen LogP) is 1.84. The lowest BCUT2D eigenvalue weighted by Gasteiger charge is -2.41. The van der Waals surface area contributed by atoms with Crippen LogP contribution in [0, 0.1) is 23.0 Å². The number of benzene rings is 1. The fraction of sp³-hybridized carbons (Fsp3) is 0.462. The molecule has 0 saturated heterocycles. The molecule has 0 heterocycles. The smallest absolute Gasteiger partial charge is 0.131 e. The molecule has 18 heavy (non-hydrogen) atoms. The second-order valence-corrected chi connectivity index (χ2v) is 4.68. The molecule has 1 fully saturated rings. The van der Waals surface area contributed by atoms with Gasteiger partial charge in [-0.1, -0.05) is 0 Å². The highest BCUT2D eigenvalue weighted by molar-refractivity contribution is 5.34. The molecule has 0 radical (unpaired) electrons. The SMILES string of the molecule is N#Cc1cc(F)c(CNC2(CO)CCC2)c(F)c1. The molecule has 1 saturated carbocycles. The molecule has 0 amide bonds. The number of nitrogens with one attached hydrogen (secondary N) is 1. The Morgan fingerprint density at radius 2 is 1.94 bits per heavy atom. The van der Waals surface area contributed by atoms with Crippen LogP contribution in [0.2, 0.25) is 0 Å². The first kappa shape index (κ1) is 12.9. The predicted molar refractivity (Wildman–Crippen MR) is 61.6 cm³/mol. The van der Waals surface area contributed by atoms with Crippen LogP contribution in [0.1, 0.15) is 30.4 Å². The average molecular weight is 252 g/mol.